The van der Waals surface area contributed by atoms with Crippen LogP contribution in [0.4, 0.5) is 0 Å². The smallest absolute Gasteiger partial charge is 0.125 e. The van der Waals surface area contributed by atoms with E-state index in [9.17, 15) is 0 Å². The predicted molar refractivity (Wildman–Crippen MR) is 60.8 cm³/mol. The van der Waals surface area contributed by atoms with Gasteiger partial charge in [-0.1, -0.05) is 0 Å². The molecule has 1 heterocycles. The van der Waals surface area contributed by atoms with Gasteiger partial charge in [0.25, 0.3) is 0 Å². The Labute approximate surface area is 95.3 Å². The van der Waals surface area contributed by atoms with Crippen LogP contribution >= 0.6 is 0 Å². The highest BCUT2D eigenvalue weighted by molar-refractivity contribution is 5.45. The summed E-state index contributed by atoms with van der Waals surface area (Å²) in [4.78, 5) is 0. The molecule has 0 spiro atoms. The standard InChI is InChI=1S/C12H17NO3/c1-14-9-3-4-11-10(7-9)12(8-13,15-2)5-6-16-11/h3-4,7H,5-6,8,13H2,1-2H3. The van der Waals surface area contributed by atoms with Crippen molar-refractivity contribution in [2.75, 3.05) is 27.4 Å². The second-order valence-electron chi connectivity index (χ2n) is 3.86. The van der Waals surface area contributed by atoms with Crippen molar-refractivity contribution < 1.29 is 14.2 Å². The maximum Gasteiger partial charge on any atom is 0.125 e. The molecule has 0 aromatic heterocycles. The lowest BCUT2D eigenvalue weighted by atomic mass is 9.88. The number of ether oxygens (including phenoxy) is 3. The highest BCUT2D eigenvalue weighted by atomic mass is 16.5. The van der Waals surface area contributed by atoms with E-state index in [1.54, 1.807) is 14.2 Å². The van der Waals surface area contributed by atoms with Crippen LogP contribution < -0.4 is 15.2 Å². The second-order valence-corrected chi connectivity index (χ2v) is 3.86. The van der Waals surface area contributed by atoms with Crippen LogP contribution in [0.1, 0.15) is 12.0 Å². The Morgan fingerprint density at radius 3 is 2.88 bits per heavy atom. The van der Waals surface area contributed by atoms with Gasteiger partial charge in [-0.25, -0.2) is 0 Å². The maximum absolute atomic E-state index is 5.83. The summed E-state index contributed by atoms with van der Waals surface area (Å²) in [5.74, 6) is 1.62. The highest BCUT2D eigenvalue weighted by Gasteiger charge is 2.37. The number of hydrogen-bond donors (Lipinski definition) is 1. The quantitative estimate of drug-likeness (QED) is 0.838. The number of rotatable bonds is 3. The molecule has 1 atom stereocenters. The van der Waals surface area contributed by atoms with Crippen LogP contribution in [0.5, 0.6) is 11.5 Å². The number of hydrogen-bond acceptors (Lipinski definition) is 4. The molecule has 0 saturated carbocycles. The molecule has 1 aromatic rings. The number of benzene rings is 1. The minimum absolute atomic E-state index is 0.438. The first-order valence-corrected chi connectivity index (χ1v) is 5.32. The van der Waals surface area contributed by atoms with Crippen molar-refractivity contribution in [3.05, 3.63) is 23.8 Å². The van der Waals surface area contributed by atoms with E-state index in [0.29, 0.717) is 13.2 Å². The summed E-state index contributed by atoms with van der Waals surface area (Å²) in [5.41, 5.74) is 6.37. The van der Waals surface area contributed by atoms with Crippen molar-refractivity contribution >= 4 is 0 Å². The fourth-order valence-electron chi connectivity index (χ4n) is 2.09. The van der Waals surface area contributed by atoms with Gasteiger partial charge in [-0.2, -0.15) is 0 Å². The maximum atomic E-state index is 5.83. The monoisotopic (exact) mass is 223 g/mol. The molecule has 0 saturated heterocycles. The molecule has 16 heavy (non-hydrogen) atoms. The summed E-state index contributed by atoms with van der Waals surface area (Å²) in [5, 5.41) is 0. The van der Waals surface area contributed by atoms with Crippen LogP contribution in [0.15, 0.2) is 18.2 Å². The minimum Gasteiger partial charge on any atom is -0.497 e. The predicted octanol–water partition coefficient (Wildman–Crippen LogP) is 1.28. The topological polar surface area (TPSA) is 53.7 Å². The SMILES string of the molecule is COc1ccc2c(c1)C(CN)(OC)CCO2. The summed E-state index contributed by atoms with van der Waals surface area (Å²) in [6.45, 7) is 1.07. The Morgan fingerprint density at radius 2 is 2.25 bits per heavy atom. The van der Waals surface area contributed by atoms with Crippen LogP contribution in [0, 0.1) is 0 Å². The van der Waals surface area contributed by atoms with E-state index >= 15 is 0 Å². The van der Waals surface area contributed by atoms with Gasteiger partial charge in [-0.05, 0) is 18.2 Å². The molecule has 0 radical (unpaired) electrons. The Balaban J connectivity index is 2.50. The van der Waals surface area contributed by atoms with Gasteiger partial charge < -0.3 is 19.9 Å². The van der Waals surface area contributed by atoms with Crippen molar-refractivity contribution in [1.82, 2.24) is 0 Å². The summed E-state index contributed by atoms with van der Waals surface area (Å²) in [6, 6.07) is 5.71. The van der Waals surface area contributed by atoms with E-state index < -0.39 is 5.60 Å². The van der Waals surface area contributed by atoms with Gasteiger partial charge in [0.15, 0.2) is 0 Å². The fraction of sp³-hybridized carbons (Fsp3) is 0.500. The molecule has 1 aliphatic rings. The zero-order valence-corrected chi connectivity index (χ0v) is 9.66. The van der Waals surface area contributed by atoms with Crippen LogP contribution in [0.2, 0.25) is 0 Å². The first-order valence-electron chi connectivity index (χ1n) is 5.32. The van der Waals surface area contributed by atoms with E-state index in [1.165, 1.54) is 0 Å². The average molecular weight is 223 g/mol. The van der Waals surface area contributed by atoms with Gasteiger partial charge in [0.1, 0.15) is 17.1 Å². The van der Waals surface area contributed by atoms with Gasteiger partial charge in [-0.15, -0.1) is 0 Å². The number of methoxy groups -OCH3 is 2. The first-order chi connectivity index (χ1) is 7.75. The summed E-state index contributed by atoms with van der Waals surface area (Å²) in [6.07, 6.45) is 0.764. The van der Waals surface area contributed by atoms with Crippen LogP contribution in [0.3, 0.4) is 0 Å². The van der Waals surface area contributed by atoms with Crippen LogP contribution in [-0.2, 0) is 10.3 Å². The average Bonchev–Trinajstić information content (AvgIpc) is 2.37. The molecule has 4 heteroatoms. The molecule has 1 aromatic carbocycles. The van der Waals surface area contributed by atoms with Crippen molar-refractivity contribution in [3.63, 3.8) is 0 Å². The molecule has 2 N–H and O–H groups in total. The summed E-state index contributed by atoms with van der Waals surface area (Å²) >= 11 is 0. The Bertz CT molecular complexity index is 375. The van der Waals surface area contributed by atoms with Gasteiger partial charge in [0.2, 0.25) is 0 Å². The molecule has 88 valence electrons. The zero-order chi connectivity index (χ0) is 11.6. The van der Waals surface area contributed by atoms with Gasteiger partial charge in [0.05, 0.1) is 13.7 Å². The van der Waals surface area contributed by atoms with Gasteiger partial charge in [-0.3, -0.25) is 0 Å². The van der Waals surface area contributed by atoms with E-state index in [2.05, 4.69) is 0 Å². The molecule has 0 aliphatic carbocycles. The lowest BCUT2D eigenvalue weighted by molar-refractivity contribution is -0.0371. The molecule has 1 aliphatic heterocycles. The summed E-state index contributed by atoms with van der Waals surface area (Å²) < 4.78 is 16.4. The molecule has 0 bridgehead atoms. The van der Waals surface area contributed by atoms with E-state index in [-0.39, 0.29) is 0 Å². The Morgan fingerprint density at radius 1 is 1.44 bits per heavy atom. The molecule has 0 fully saturated rings. The Kier molecular flexibility index (Phi) is 3.03. The van der Waals surface area contributed by atoms with E-state index in [4.69, 9.17) is 19.9 Å². The first kappa shape index (κ1) is 11.2. The third kappa shape index (κ3) is 1.64. The summed E-state index contributed by atoms with van der Waals surface area (Å²) in [7, 11) is 3.32. The molecule has 0 amide bonds. The third-order valence-corrected chi connectivity index (χ3v) is 3.16. The molecule has 1 unspecified atom stereocenters. The van der Waals surface area contributed by atoms with Crippen LogP contribution in [-0.4, -0.2) is 27.4 Å². The van der Waals surface area contributed by atoms with Gasteiger partial charge in [0, 0.05) is 25.6 Å². The zero-order valence-electron chi connectivity index (χ0n) is 9.66. The number of fused-ring (bicyclic) bond motifs is 1. The molecule has 4 nitrogen and oxygen atoms in total. The van der Waals surface area contributed by atoms with E-state index in [0.717, 1.165) is 23.5 Å². The van der Waals surface area contributed by atoms with Crippen molar-refractivity contribution in [3.8, 4) is 11.5 Å². The number of nitrogens with two attached hydrogens (primary N) is 1. The lowest BCUT2D eigenvalue weighted by Crippen LogP contribution is -2.41. The van der Waals surface area contributed by atoms with E-state index in [1.807, 2.05) is 18.2 Å². The normalized spacial score (nSPS) is 23.4. The van der Waals surface area contributed by atoms with Crippen LogP contribution in [0.25, 0.3) is 0 Å². The largest absolute Gasteiger partial charge is 0.497 e. The fourth-order valence-corrected chi connectivity index (χ4v) is 2.09. The minimum atomic E-state index is -0.442. The second kappa shape index (κ2) is 4.31. The highest BCUT2D eigenvalue weighted by Crippen LogP contribution is 2.40. The van der Waals surface area contributed by atoms with Crippen molar-refractivity contribution in [1.29, 1.82) is 0 Å². The van der Waals surface area contributed by atoms with Gasteiger partial charge >= 0.3 is 0 Å². The van der Waals surface area contributed by atoms with Crippen molar-refractivity contribution in [2.45, 2.75) is 12.0 Å². The molecule has 2 rings (SSSR count). The third-order valence-electron chi connectivity index (χ3n) is 3.16. The molecular weight excluding hydrogens is 206 g/mol. The molecular formula is C12H17NO3. The Hall–Kier alpha value is -1.26. The van der Waals surface area contributed by atoms with Crippen molar-refractivity contribution in [2.24, 2.45) is 5.73 Å². The lowest BCUT2D eigenvalue weighted by Gasteiger charge is -2.36.